The van der Waals surface area contributed by atoms with Gasteiger partial charge in [-0.05, 0) is 12.8 Å². The number of carbonyl (C=O) groups excluding carboxylic acids is 2. The molecule has 3 nitrogen and oxygen atoms in total. The van der Waals surface area contributed by atoms with Crippen LogP contribution >= 0.6 is 15.9 Å². The van der Waals surface area contributed by atoms with E-state index in [1.165, 1.54) is 0 Å². The van der Waals surface area contributed by atoms with Crippen LogP contribution in [0.25, 0.3) is 0 Å². The van der Waals surface area contributed by atoms with Gasteiger partial charge in [0.05, 0.1) is 5.33 Å². The molecule has 1 N–H and O–H groups in total. The number of Topliss-reactive ketones (excluding diaryl/α,β-unsaturated/α-hetero) is 1. The van der Waals surface area contributed by atoms with Crippen molar-refractivity contribution in [3.05, 3.63) is 0 Å². The number of hydrogen-bond donors (Lipinski definition) is 1. The van der Waals surface area contributed by atoms with E-state index in [1.807, 2.05) is 5.32 Å². The number of carbonyl (C=O) groups is 2. The van der Waals surface area contributed by atoms with Crippen LogP contribution in [0.3, 0.4) is 0 Å². The maximum absolute atomic E-state index is 12.1. The average Bonchev–Trinajstić information content (AvgIpc) is 2.34. The fourth-order valence-corrected chi connectivity index (χ4v) is 2.87. The van der Waals surface area contributed by atoms with Gasteiger partial charge in [-0.15, -0.1) is 0 Å². The van der Waals surface area contributed by atoms with E-state index < -0.39 is 17.5 Å². The maximum Gasteiger partial charge on any atom is 0.471 e. The summed E-state index contributed by atoms with van der Waals surface area (Å²) >= 11 is 3.05. The molecule has 0 aromatic carbocycles. The number of alkyl halides is 4. The Morgan fingerprint density at radius 2 is 1.72 bits per heavy atom. The SMILES string of the molecule is O=C(NCC1(C(=O)CBr)CCCCC1)C(F)(F)F. The summed E-state index contributed by atoms with van der Waals surface area (Å²) in [5.74, 6) is -2.11. The van der Waals surface area contributed by atoms with Crippen molar-refractivity contribution < 1.29 is 22.8 Å². The van der Waals surface area contributed by atoms with Gasteiger partial charge in [0, 0.05) is 12.0 Å². The lowest BCUT2D eigenvalue weighted by Crippen LogP contribution is -2.48. The molecule has 1 aliphatic rings. The molecule has 1 amide bonds. The van der Waals surface area contributed by atoms with E-state index in [0.717, 1.165) is 19.3 Å². The number of amides is 1. The topological polar surface area (TPSA) is 46.2 Å². The summed E-state index contributed by atoms with van der Waals surface area (Å²) in [6.07, 6.45) is -1.23. The van der Waals surface area contributed by atoms with Gasteiger partial charge in [-0.3, -0.25) is 9.59 Å². The molecule has 0 aromatic heterocycles. The molecule has 7 heteroatoms. The maximum atomic E-state index is 12.1. The van der Waals surface area contributed by atoms with E-state index in [4.69, 9.17) is 0 Å². The monoisotopic (exact) mass is 329 g/mol. The molecule has 0 saturated heterocycles. The zero-order valence-corrected chi connectivity index (χ0v) is 11.4. The third-order valence-corrected chi connectivity index (χ3v) is 3.88. The fourth-order valence-electron chi connectivity index (χ4n) is 2.27. The molecule has 1 saturated carbocycles. The standard InChI is InChI=1S/C11H15BrF3NO2/c12-6-8(17)10(4-2-1-3-5-10)7-16-9(18)11(13,14)15/h1-7H2,(H,16,18). The first-order valence-electron chi connectivity index (χ1n) is 5.76. The van der Waals surface area contributed by atoms with Crippen LogP contribution in [0.1, 0.15) is 32.1 Å². The molecular formula is C11H15BrF3NO2. The van der Waals surface area contributed by atoms with Gasteiger partial charge in [-0.25, -0.2) is 0 Å². The normalized spacial score (nSPS) is 19.3. The molecule has 1 fully saturated rings. The fraction of sp³-hybridized carbons (Fsp3) is 0.818. The molecule has 0 unspecified atom stereocenters. The highest BCUT2D eigenvalue weighted by Gasteiger charge is 2.43. The highest BCUT2D eigenvalue weighted by Crippen LogP contribution is 2.37. The van der Waals surface area contributed by atoms with E-state index in [9.17, 15) is 22.8 Å². The summed E-state index contributed by atoms with van der Waals surface area (Å²) in [7, 11) is 0. The molecule has 1 aliphatic carbocycles. The summed E-state index contributed by atoms with van der Waals surface area (Å²) in [5.41, 5.74) is -0.831. The second-order valence-corrected chi connectivity index (χ2v) is 5.14. The van der Waals surface area contributed by atoms with Crippen LogP contribution in [0.15, 0.2) is 0 Å². The van der Waals surface area contributed by atoms with Gasteiger partial charge in [0.25, 0.3) is 0 Å². The van der Waals surface area contributed by atoms with E-state index in [1.54, 1.807) is 0 Å². The van der Waals surface area contributed by atoms with Crippen LogP contribution in [0.2, 0.25) is 0 Å². The predicted octanol–water partition coefficient (Wildman–Crippen LogP) is 2.58. The molecule has 1 rings (SSSR count). The first kappa shape index (κ1) is 15.5. The molecule has 0 heterocycles. The Morgan fingerprint density at radius 3 is 2.17 bits per heavy atom. The summed E-state index contributed by atoms with van der Waals surface area (Å²) < 4.78 is 36.3. The van der Waals surface area contributed by atoms with E-state index in [2.05, 4.69) is 15.9 Å². The van der Waals surface area contributed by atoms with Gasteiger partial charge >= 0.3 is 12.1 Å². The van der Waals surface area contributed by atoms with Crippen LogP contribution in [-0.2, 0) is 9.59 Å². The van der Waals surface area contributed by atoms with Gasteiger partial charge in [0.1, 0.15) is 0 Å². The Balaban J connectivity index is 2.68. The molecule has 104 valence electrons. The summed E-state index contributed by atoms with van der Waals surface area (Å²) in [4.78, 5) is 22.7. The minimum absolute atomic E-state index is 0.106. The van der Waals surface area contributed by atoms with Gasteiger partial charge in [0.2, 0.25) is 0 Å². The van der Waals surface area contributed by atoms with Gasteiger partial charge in [-0.2, -0.15) is 13.2 Å². The molecular weight excluding hydrogens is 315 g/mol. The van der Waals surface area contributed by atoms with Crippen LogP contribution in [0.5, 0.6) is 0 Å². The molecule has 18 heavy (non-hydrogen) atoms. The van der Waals surface area contributed by atoms with Gasteiger partial charge in [-0.1, -0.05) is 35.2 Å². The van der Waals surface area contributed by atoms with Crippen molar-refractivity contribution in [3.63, 3.8) is 0 Å². The Kier molecular flexibility index (Phi) is 5.19. The predicted molar refractivity (Wildman–Crippen MR) is 63.4 cm³/mol. The molecule has 0 radical (unpaired) electrons. The number of nitrogens with one attached hydrogen (secondary N) is 1. The zero-order valence-electron chi connectivity index (χ0n) is 9.78. The van der Waals surface area contributed by atoms with Crippen molar-refractivity contribution in [2.75, 3.05) is 11.9 Å². The van der Waals surface area contributed by atoms with Crippen molar-refractivity contribution in [3.8, 4) is 0 Å². The Morgan fingerprint density at radius 1 is 1.17 bits per heavy atom. The lowest BCUT2D eigenvalue weighted by Gasteiger charge is -2.35. The van der Waals surface area contributed by atoms with E-state index in [0.29, 0.717) is 12.8 Å². The number of hydrogen-bond acceptors (Lipinski definition) is 2. The summed E-state index contributed by atoms with van der Waals surface area (Å²) in [6, 6.07) is 0. The Hall–Kier alpha value is -0.590. The van der Waals surface area contributed by atoms with Crippen LogP contribution in [0, 0.1) is 5.41 Å². The van der Waals surface area contributed by atoms with Crippen molar-refractivity contribution in [1.82, 2.24) is 5.32 Å². The third kappa shape index (κ3) is 3.70. The van der Waals surface area contributed by atoms with Gasteiger partial charge in [0.15, 0.2) is 5.78 Å². The van der Waals surface area contributed by atoms with Gasteiger partial charge < -0.3 is 5.32 Å². The minimum Gasteiger partial charge on any atom is -0.347 e. The molecule has 0 spiro atoms. The number of rotatable bonds is 4. The lowest BCUT2D eigenvalue weighted by molar-refractivity contribution is -0.174. The average molecular weight is 330 g/mol. The number of ketones is 1. The zero-order chi connectivity index (χ0) is 13.8. The highest BCUT2D eigenvalue weighted by atomic mass is 79.9. The number of halogens is 4. The molecule has 0 bridgehead atoms. The smallest absolute Gasteiger partial charge is 0.347 e. The highest BCUT2D eigenvalue weighted by molar-refractivity contribution is 9.09. The Bertz CT molecular complexity index is 325. The quantitative estimate of drug-likeness (QED) is 0.806. The van der Waals surface area contributed by atoms with Crippen molar-refractivity contribution in [1.29, 1.82) is 0 Å². The van der Waals surface area contributed by atoms with Crippen LogP contribution in [0.4, 0.5) is 13.2 Å². The van der Waals surface area contributed by atoms with E-state index in [-0.39, 0.29) is 17.7 Å². The molecule has 0 aromatic rings. The lowest BCUT2D eigenvalue weighted by atomic mass is 9.71. The second kappa shape index (κ2) is 6.04. The second-order valence-electron chi connectivity index (χ2n) is 4.58. The summed E-state index contributed by atoms with van der Waals surface area (Å²) in [5, 5.41) is 1.95. The first-order chi connectivity index (χ1) is 8.32. The molecule has 0 atom stereocenters. The van der Waals surface area contributed by atoms with Crippen molar-refractivity contribution in [2.24, 2.45) is 5.41 Å². The minimum atomic E-state index is -4.90. The first-order valence-corrected chi connectivity index (χ1v) is 6.88. The Labute approximate surface area is 112 Å². The van der Waals surface area contributed by atoms with Crippen LogP contribution in [-0.4, -0.2) is 29.7 Å². The van der Waals surface area contributed by atoms with E-state index >= 15 is 0 Å². The van der Waals surface area contributed by atoms with Crippen molar-refractivity contribution >= 4 is 27.6 Å². The third-order valence-electron chi connectivity index (χ3n) is 3.37. The van der Waals surface area contributed by atoms with Crippen molar-refractivity contribution in [2.45, 2.75) is 38.3 Å². The van der Waals surface area contributed by atoms with Crippen LogP contribution < -0.4 is 5.32 Å². The summed E-state index contributed by atoms with van der Waals surface area (Å²) in [6.45, 7) is -0.226. The molecule has 0 aliphatic heterocycles. The largest absolute Gasteiger partial charge is 0.471 e.